The van der Waals surface area contributed by atoms with Crippen molar-refractivity contribution >= 4 is 17.6 Å². The fourth-order valence-electron chi connectivity index (χ4n) is 3.18. The lowest BCUT2D eigenvalue weighted by atomic mass is 10.1. The fraction of sp³-hybridized carbons (Fsp3) is 0.381. The van der Waals surface area contributed by atoms with Crippen molar-refractivity contribution in [1.29, 1.82) is 0 Å². The fourth-order valence-corrected chi connectivity index (χ4v) is 3.18. The number of anilines is 1. The van der Waals surface area contributed by atoms with Crippen LogP contribution in [0.1, 0.15) is 35.2 Å². The van der Waals surface area contributed by atoms with E-state index in [1.165, 1.54) is 19.3 Å². The van der Waals surface area contributed by atoms with Crippen molar-refractivity contribution in [2.45, 2.75) is 25.8 Å². The van der Waals surface area contributed by atoms with Crippen LogP contribution in [0, 0.1) is 0 Å². The van der Waals surface area contributed by atoms with Gasteiger partial charge in [0.1, 0.15) is 0 Å². The number of urea groups is 1. The quantitative estimate of drug-likeness (QED) is 0.688. The normalized spacial score (nSPS) is 14.3. The SMILES string of the molecule is O=C(NCc1ccncc1)Nc1ccc(C(=O)NCCN2CCCCC2)cc1. The zero-order valence-electron chi connectivity index (χ0n) is 16.0. The molecule has 0 saturated carbocycles. The molecule has 1 saturated heterocycles. The van der Waals surface area contributed by atoms with Crippen molar-refractivity contribution < 1.29 is 9.59 Å². The number of likely N-dealkylation sites (tertiary alicyclic amines) is 1. The van der Waals surface area contributed by atoms with Gasteiger partial charge in [-0.1, -0.05) is 6.42 Å². The number of hydrogen-bond donors (Lipinski definition) is 3. The second-order valence-corrected chi connectivity index (χ2v) is 6.90. The summed E-state index contributed by atoms with van der Waals surface area (Å²) in [4.78, 5) is 30.6. The molecule has 7 nitrogen and oxygen atoms in total. The average molecular weight is 381 g/mol. The Morgan fingerprint density at radius 2 is 1.64 bits per heavy atom. The molecule has 0 bridgehead atoms. The number of benzene rings is 1. The van der Waals surface area contributed by atoms with Crippen molar-refractivity contribution in [3.63, 3.8) is 0 Å². The second kappa shape index (κ2) is 10.4. The van der Waals surface area contributed by atoms with E-state index in [9.17, 15) is 9.59 Å². The minimum Gasteiger partial charge on any atom is -0.351 e. The summed E-state index contributed by atoms with van der Waals surface area (Å²) in [5.74, 6) is -0.0919. The van der Waals surface area contributed by atoms with Gasteiger partial charge in [-0.05, 0) is 67.9 Å². The minimum atomic E-state index is -0.296. The number of nitrogens with one attached hydrogen (secondary N) is 3. The summed E-state index contributed by atoms with van der Waals surface area (Å²) < 4.78 is 0. The van der Waals surface area contributed by atoms with Crippen LogP contribution in [0.15, 0.2) is 48.8 Å². The Kier molecular flexibility index (Phi) is 7.37. The van der Waals surface area contributed by atoms with Crippen LogP contribution in [0.25, 0.3) is 0 Å². The molecule has 0 atom stereocenters. The van der Waals surface area contributed by atoms with Crippen molar-refractivity contribution in [3.8, 4) is 0 Å². The zero-order valence-corrected chi connectivity index (χ0v) is 16.0. The molecule has 0 radical (unpaired) electrons. The summed E-state index contributed by atoms with van der Waals surface area (Å²) >= 11 is 0. The monoisotopic (exact) mass is 381 g/mol. The van der Waals surface area contributed by atoms with Gasteiger partial charge in [-0.15, -0.1) is 0 Å². The Balaban J connectivity index is 1.39. The first kappa shape index (κ1) is 19.8. The van der Waals surface area contributed by atoms with Gasteiger partial charge in [-0.3, -0.25) is 9.78 Å². The van der Waals surface area contributed by atoms with Crippen LogP contribution in [0.2, 0.25) is 0 Å². The van der Waals surface area contributed by atoms with Crippen LogP contribution >= 0.6 is 0 Å². The molecule has 7 heteroatoms. The lowest BCUT2D eigenvalue weighted by molar-refractivity contribution is 0.0946. The summed E-state index contributed by atoms with van der Waals surface area (Å²) in [6.45, 7) is 4.21. The molecule has 3 rings (SSSR count). The van der Waals surface area contributed by atoms with Crippen LogP contribution in [-0.2, 0) is 6.54 Å². The predicted molar refractivity (Wildman–Crippen MR) is 109 cm³/mol. The maximum absolute atomic E-state index is 12.2. The molecule has 1 aliphatic heterocycles. The van der Waals surface area contributed by atoms with E-state index in [0.29, 0.717) is 24.3 Å². The van der Waals surface area contributed by atoms with Crippen LogP contribution in [-0.4, -0.2) is 48.0 Å². The summed E-state index contributed by atoms with van der Waals surface area (Å²) in [5.41, 5.74) is 2.19. The van der Waals surface area contributed by atoms with Crippen molar-refractivity contribution in [2.24, 2.45) is 0 Å². The van der Waals surface area contributed by atoms with Crippen LogP contribution in [0.3, 0.4) is 0 Å². The highest BCUT2D eigenvalue weighted by atomic mass is 16.2. The van der Waals surface area contributed by atoms with E-state index in [2.05, 4.69) is 25.8 Å². The van der Waals surface area contributed by atoms with E-state index in [4.69, 9.17) is 0 Å². The molecule has 0 spiro atoms. The lowest BCUT2D eigenvalue weighted by Crippen LogP contribution is -2.37. The maximum Gasteiger partial charge on any atom is 0.319 e. The molecule has 3 N–H and O–H groups in total. The van der Waals surface area contributed by atoms with Crippen molar-refractivity contribution in [3.05, 3.63) is 59.9 Å². The first-order valence-electron chi connectivity index (χ1n) is 9.75. The number of rotatable bonds is 7. The number of nitrogens with zero attached hydrogens (tertiary/aromatic N) is 2. The van der Waals surface area contributed by atoms with Gasteiger partial charge in [0.2, 0.25) is 0 Å². The topological polar surface area (TPSA) is 86.4 Å². The van der Waals surface area contributed by atoms with Gasteiger partial charge in [-0.2, -0.15) is 0 Å². The smallest absolute Gasteiger partial charge is 0.319 e. The Hall–Kier alpha value is -2.93. The largest absolute Gasteiger partial charge is 0.351 e. The van der Waals surface area contributed by atoms with E-state index >= 15 is 0 Å². The van der Waals surface area contributed by atoms with Gasteiger partial charge in [0.15, 0.2) is 0 Å². The molecular formula is C21H27N5O2. The van der Waals surface area contributed by atoms with Gasteiger partial charge < -0.3 is 20.9 Å². The molecule has 0 unspecified atom stereocenters. The van der Waals surface area contributed by atoms with Gasteiger partial charge in [0, 0.05) is 43.3 Å². The number of pyridine rings is 1. The highest BCUT2D eigenvalue weighted by Gasteiger charge is 2.11. The summed E-state index contributed by atoms with van der Waals surface area (Å²) in [7, 11) is 0. The van der Waals surface area contributed by atoms with Crippen molar-refractivity contribution in [2.75, 3.05) is 31.5 Å². The van der Waals surface area contributed by atoms with E-state index in [1.54, 1.807) is 36.7 Å². The van der Waals surface area contributed by atoms with Gasteiger partial charge in [0.25, 0.3) is 5.91 Å². The Morgan fingerprint density at radius 3 is 2.36 bits per heavy atom. The number of amides is 3. The maximum atomic E-state index is 12.2. The third-order valence-corrected chi connectivity index (χ3v) is 4.77. The molecule has 3 amide bonds. The van der Waals surface area contributed by atoms with Gasteiger partial charge in [0.05, 0.1) is 0 Å². The highest BCUT2D eigenvalue weighted by molar-refractivity contribution is 5.95. The Morgan fingerprint density at radius 1 is 0.929 bits per heavy atom. The molecule has 2 heterocycles. The van der Waals surface area contributed by atoms with Crippen LogP contribution < -0.4 is 16.0 Å². The summed E-state index contributed by atoms with van der Waals surface area (Å²) in [5, 5.41) is 8.50. The van der Waals surface area contributed by atoms with Gasteiger partial charge in [-0.25, -0.2) is 4.79 Å². The standard InChI is InChI=1S/C21H27N5O2/c27-20(23-12-15-26-13-2-1-3-14-26)18-4-6-19(7-5-18)25-21(28)24-16-17-8-10-22-11-9-17/h4-11H,1-3,12-16H2,(H,23,27)(H2,24,25,28). The first-order valence-corrected chi connectivity index (χ1v) is 9.75. The molecular weight excluding hydrogens is 354 g/mol. The number of piperidine rings is 1. The number of aromatic nitrogens is 1. The van der Waals surface area contributed by atoms with Gasteiger partial charge >= 0.3 is 6.03 Å². The zero-order chi connectivity index (χ0) is 19.6. The third kappa shape index (κ3) is 6.35. The van der Waals surface area contributed by atoms with E-state index < -0.39 is 0 Å². The number of hydrogen-bond acceptors (Lipinski definition) is 4. The Bertz CT molecular complexity index is 758. The Labute approximate surface area is 165 Å². The third-order valence-electron chi connectivity index (χ3n) is 4.77. The van der Waals surface area contributed by atoms with E-state index in [0.717, 1.165) is 25.2 Å². The first-order chi connectivity index (χ1) is 13.7. The molecule has 1 aromatic carbocycles. The number of carbonyl (C=O) groups excluding carboxylic acids is 2. The van der Waals surface area contributed by atoms with Crippen LogP contribution in [0.4, 0.5) is 10.5 Å². The summed E-state index contributed by atoms with van der Waals surface area (Å²) in [6.07, 6.45) is 7.18. The van der Waals surface area contributed by atoms with Crippen LogP contribution in [0.5, 0.6) is 0 Å². The second-order valence-electron chi connectivity index (χ2n) is 6.90. The molecule has 1 fully saturated rings. The molecule has 148 valence electrons. The highest BCUT2D eigenvalue weighted by Crippen LogP contribution is 2.10. The average Bonchev–Trinajstić information content (AvgIpc) is 2.74. The molecule has 2 aromatic rings. The lowest BCUT2D eigenvalue weighted by Gasteiger charge is -2.26. The van der Waals surface area contributed by atoms with E-state index in [-0.39, 0.29) is 11.9 Å². The molecule has 28 heavy (non-hydrogen) atoms. The molecule has 0 aliphatic carbocycles. The van der Waals surface area contributed by atoms with Crippen molar-refractivity contribution in [1.82, 2.24) is 20.5 Å². The minimum absolute atomic E-state index is 0.0919. The molecule has 1 aliphatic rings. The number of carbonyl (C=O) groups is 2. The predicted octanol–water partition coefficient (Wildman–Crippen LogP) is 2.62. The summed E-state index contributed by atoms with van der Waals surface area (Å²) in [6, 6.07) is 10.3. The van der Waals surface area contributed by atoms with E-state index in [1.807, 2.05) is 12.1 Å². The molecule has 1 aromatic heterocycles.